The largest absolute Gasteiger partial charge is 0.468 e. The lowest BCUT2D eigenvalue weighted by Gasteiger charge is -2.02. The first-order chi connectivity index (χ1) is 7.67. The van der Waals surface area contributed by atoms with Crippen LogP contribution in [0.15, 0.2) is 29.2 Å². The molecule has 0 aliphatic carbocycles. The number of methoxy groups -OCH3 is 1. The highest BCUT2D eigenvalue weighted by atomic mass is 32.2. The second-order valence-electron chi connectivity index (χ2n) is 3.17. The van der Waals surface area contributed by atoms with Crippen molar-refractivity contribution in [3.8, 4) is 0 Å². The van der Waals surface area contributed by atoms with E-state index in [0.29, 0.717) is 12.0 Å². The third-order valence-corrected chi connectivity index (χ3v) is 3.07. The van der Waals surface area contributed by atoms with Crippen LogP contribution in [-0.2, 0) is 9.53 Å². The first kappa shape index (κ1) is 12.8. The van der Waals surface area contributed by atoms with E-state index >= 15 is 0 Å². The van der Waals surface area contributed by atoms with E-state index in [9.17, 15) is 9.59 Å². The van der Waals surface area contributed by atoms with Gasteiger partial charge in [0, 0.05) is 16.9 Å². The summed E-state index contributed by atoms with van der Waals surface area (Å²) in [5, 5.41) is 0. The molecular weight excluding hydrogens is 224 g/mol. The number of esters is 1. The quantitative estimate of drug-likeness (QED) is 0.449. The molecule has 86 valence electrons. The minimum absolute atomic E-state index is 0.129. The molecule has 0 radical (unpaired) electrons. The summed E-state index contributed by atoms with van der Waals surface area (Å²) in [6.45, 7) is 1.84. The zero-order chi connectivity index (χ0) is 12.0. The summed E-state index contributed by atoms with van der Waals surface area (Å²) < 4.78 is 4.54. The first-order valence-corrected chi connectivity index (χ1v) is 5.98. The zero-order valence-electron chi connectivity index (χ0n) is 9.36. The smallest absolute Gasteiger partial charge is 0.315 e. The molecule has 3 nitrogen and oxygen atoms in total. The van der Waals surface area contributed by atoms with Gasteiger partial charge in [-0.3, -0.25) is 9.59 Å². The van der Waals surface area contributed by atoms with Crippen LogP contribution < -0.4 is 0 Å². The normalized spacial score (nSPS) is 9.88. The highest BCUT2D eigenvalue weighted by Gasteiger charge is 2.04. The first-order valence-electron chi connectivity index (χ1n) is 5.00. The molecular formula is C12H14O3S. The van der Waals surface area contributed by atoms with Crippen molar-refractivity contribution in [2.45, 2.75) is 18.2 Å². The highest BCUT2D eigenvalue weighted by Crippen LogP contribution is 2.18. The maximum Gasteiger partial charge on any atom is 0.315 e. The van der Waals surface area contributed by atoms with Crippen molar-refractivity contribution in [3.63, 3.8) is 0 Å². The molecule has 1 rings (SSSR count). The van der Waals surface area contributed by atoms with E-state index in [1.165, 1.54) is 18.9 Å². The van der Waals surface area contributed by atoms with Gasteiger partial charge in [0.25, 0.3) is 0 Å². The second-order valence-corrected chi connectivity index (χ2v) is 4.21. The van der Waals surface area contributed by atoms with Gasteiger partial charge >= 0.3 is 5.97 Å². The Kier molecular flexibility index (Phi) is 5.05. The Morgan fingerprint density at radius 2 is 1.88 bits per heavy atom. The van der Waals surface area contributed by atoms with Gasteiger partial charge in [0.15, 0.2) is 5.78 Å². The van der Waals surface area contributed by atoms with Crippen LogP contribution >= 0.6 is 11.8 Å². The third kappa shape index (κ3) is 3.70. The SMILES string of the molecule is CCC(=O)c1ccc(SCC(=O)OC)cc1. The molecule has 0 fully saturated rings. The molecule has 0 N–H and O–H groups in total. The van der Waals surface area contributed by atoms with E-state index in [1.54, 1.807) is 12.1 Å². The summed E-state index contributed by atoms with van der Waals surface area (Å²) in [5.41, 5.74) is 0.713. The van der Waals surface area contributed by atoms with Crippen molar-refractivity contribution in [2.75, 3.05) is 12.9 Å². The van der Waals surface area contributed by atoms with Crippen LogP contribution in [0.2, 0.25) is 0 Å². The predicted molar refractivity (Wildman–Crippen MR) is 63.8 cm³/mol. The number of ketones is 1. The molecule has 0 amide bonds. The summed E-state index contributed by atoms with van der Waals surface area (Å²) in [4.78, 5) is 23.2. The maximum atomic E-state index is 11.4. The van der Waals surface area contributed by atoms with Gasteiger partial charge < -0.3 is 4.74 Å². The van der Waals surface area contributed by atoms with E-state index < -0.39 is 0 Å². The fourth-order valence-electron chi connectivity index (χ4n) is 1.14. The minimum atomic E-state index is -0.251. The Morgan fingerprint density at radius 3 is 2.38 bits per heavy atom. The minimum Gasteiger partial charge on any atom is -0.468 e. The van der Waals surface area contributed by atoms with Crippen LogP contribution in [0.3, 0.4) is 0 Å². The topological polar surface area (TPSA) is 43.4 Å². The maximum absolute atomic E-state index is 11.4. The fourth-order valence-corrected chi connectivity index (χ4v) is 1.87. The van der Waals surface area contributed by atoms with Crippen LogP contribution in [0.1, 0.15) is 23.7 Å². The Labute approximate surface area is 99.2 Å². The summed E-state index contributed by atoms with van der Waals surface area (Å²) >= 11 is 1.40. The van der Waals surface area contributed by atoms with E-state index in [0.717, 1.165) is 4.90 Å². The molecule has 0 aromatic heterocycles. The number of hydrogen-bond donors (Lipinski definition) is 0. The Morgan fingerprint density at radius 1 is 1.25 bits per heavy atom. The molecule has 0 saturated carbocycles. The van der Waals surface area contributed by atoms with Crippen molar-refractivity contribution in [3.05, 3.63) is 29.8 Å². The molecule has 0 spiro atoms. The molecule has 0 saturated heterocycles. The van der Waals surface area contributed by atoms with Crippen LogP contribution in [0.25, 0.3) is 0 Å². The molecule has 4 heteroatoms. The van der Waals surface area contributed by atoms with Crippen molar-refractivity contribution < 1.29 is 14.3 Å². The summed E-state index contributed by atoms with van der Waals surface area (Å²) in [6, 6.07) is 7.25. The molecule has 0 unspecified atom stereocenters. The lowest BCUT2D eigenvalue weighted by molar-refractivity contribution is -0.137. The van der Waals surface area contributed by atoms with Gasteiger partial charge in [-0.05, 0) is 12.1 Å². The van der Waals surface area contributed by atoms with Gasteiger partial charge in [-0.25, -0.2) is 0 Å². The Bertz CT molecular complexity index is 370. The monoisotopic (exact) mass is 238 g/mol. The van der Waals surface area contributed by atoms with E-state index in [4.69, 9.17) is 0 Å². The van der Waals surface area contributed by atoms with E-state index in [-0.39, 0.29) is 17.5 Å². The molecule has 0 atom stereocenters. The number of carbonyl (C=O) groups is 2. The number of thioether (sulfide) groups is 1. The van der Waals surface area contributed by atoms with Gasteiger partial charge in [-0.1, -0.05) is 19.1 Å². The van der Waals surface area contributed by atoms with E-state index in [1.807, 2.05) is 19.1 Å². The van der Waals surface area contributed by atoms with Crippen LogP contribution in [-0.4, -0.2) is 24.6 Å². The molecule has 0 aliphatic rings. The summed E-state index contributed by atoms with van der Waals surface area (Å²) in [6.07, 6.45) is 0.509. The lowest BCUT2D eigenvalue weighted by Crippen LogP contribution is -2.02. The Hall–Kier alpha value is -1.29. The fraction of sp³-hybridized carbons (Fsp3) is 0.333. The van der Waals surface area contributed by atoms with Crippen molar-refractivity contribution in [1.82, 2.24) is 0 Å². The van der Waals surface area contributed by atoms with Gasteiger partial charge in [-0.15, -0.1) is 11.8 Å². The number of benzene rings is 1. The average Bonchev–Trinajstić information content (AvgIpc) is 2.35. The van der Waals surface area contributed by atoms with Gasteiger partial charge in [-0.2, -0.15) is 0 Å². The lowest BCUT2D eigenvalue weighted by atomic mass is 10.1. The summed E-state index contributed by atoms with van der Waals surface area (Å²) in [5.74, 6) is 0.167. The highest BCUT2D eigenvalue weighted by molar-refractivity contribution is 8.00. The van der Waals surface area contributed by atoms with Crippen LogP contribution in [0.5, 0.6) is 0 Å². The number of hydrogen-bond acceptors (Lipinski definition) is 4. The van der Waals surface area contributed by atoms with Gasteiger partial charge in [0.1, 0.15) is 0 Å². The predicted octanol–water partition coefficient (Wildman–Crippen LogP) is 2.54. The van der Waals surface area contributed by atoms with Gasteiger partial charge in [0.2, 0.25) is 0 Å². The molecule has 0 bridgehead atoms. The number of ether oxygens (including phenoxy) is 1. The van der Waals surface area contributed by atoms with E-state index in [2.05, 4.69) is 4.74 Å². The van der Waals surface area contributed by atoms with Crippen LogP contribution in [0, 0.1) is 0 Å². The molecule has 1 aromatic rings. The number of Topliss-reactive ketones (excluding diaryl/α,β-unsaturated/α-hetero) is 1. The Balaban J connectivity index is 2.58. The van der Waals surface area contributed by atoms with Crippen molar-refractivity contribution >= 4 is 23.5 Å². The number of carbonyl (C=O) groups excluding carboxylic acids is 2. The molecule has 16 heavy (non-hydrogen) atoms. The third-order valence-electron chi connectivity index (χ3n) is 2.08. The second kappa shape index (κ2) is 6.33. The zero-order valence-corrected chi connectivity index (χ0v) is 10.2. The molecule has 0 aliphatic heterocycles. The van der Waals surface area contributed by atoms with Gasteiger partial charge in [0.05, 0.1) is 12.9 Å². The standard InChI is InChI=1S/C12H14O3S/c1-3-11(13)9-4-6-10(7-5-9)16-8-12(14)15-2/h4-7H,3,8H2,1-2H3. The molecule has 1 aromatic carbocycles. The molecule has 0 heterocycles. The summed E-state index contributed by atoms with van der Waals surface area (Å²) in [7, 11) is 1.37. The van der Waals surface area contributed by atoms with Crippen molar-refractivity contribution in [1.29, 1.82) is 0 Å². The van der Waals surface area contributed by atoms with Crippen LogP contribution in [0.4, 0.5) is 0 Å². The van der Waals surface area contributed by atoms with Crippen molar-refractivity contribution in [2.24, 2.45) is 0 Å². The average molecular weight is 238 g/mol. The number of rotatable bonds is 5.